The largest absolute Gasteiger partial charge is 0.391 e. The van der Waals surface area contributed by atoms with E-state index < -0.39 is 23.6 Å². The van der Waals surface area contributed by atoms with Gasteiger partial charge >= 0.3 is 0 Å². The average molecular weight is 257 g/mol. The molecular weight excluding hydrogens is 240 g/mol. The number of amides is 1. The molecule has 0 radical (unpaired) electrons. The summed E-state index contributed by atoms with van der Waals surface area (Å²) in [5, 5.41) is 11.9. The minimum absolute atomic E-state index is 0.00539. The van der Waals surface area contributed by atoms with Crippen LogP contribution < -0.4 is 5.32 Å². The molecule has 0 aliphatic heterocycles. The highest BCUT2D eigenvalue weighted by molar-refractivity contribution is 5.94. The summed E-state index contributed by atoms with van der Waals surface area (Å²) >= 11 is 0. The molecule has 1 atom stereocenters. The molecule has 1 aromatic rings. The first-order chi connectivity index (χ1) is 8.32. The molecule has 0 fully saturated rings. The molecular formula is C13H17F2NO2. The molecule has 0 heterocycles. The fourth-order valence-corrected chi connectivity index (χ4v) is 1.35. The van der Waals surface area contributed by atoms with E-state index in [2.05, 4.69) is 5.32 Å². The number of carbonyl (C=O) groups excluding carboxylic acids is 1. The van der Waals surface area contributed by atoms with E-state index >= 15 is 0 Å². The van der Waals surface area contributed by atoms with Crippen molar-refractivity contribution < 1.29 is 18.7 Å². The topological polar surface area (TPSA) is 49.3 Å². The lowest BCUT2D eigenvalue weighted by atomic mass is 10.1. The SMILES string of the molecule is Cc1cc(F)c(C(=O)NCC(O)C(C)C)cc1F. The Balaban J connectivity index is 2.76. The number of carbonyl (C=O) groups is 1. The summed E-state index contributed by atoms with van der Waals surface area (Å²) in [4.78, 5) is 11.6. The van der Waals surface area contributed by atoms with Gasteiger partial charge in [-0.3, -0.25) is 4.79 Å². The van der Waals surface area contributed by atoms with Crippen LogP contribution in [0.4, 0.5) is 8.78 Å². The third-order valence-electron chi connectivity index (χ3n) is 2.73. The monoisotopic (exact) mass is 257 g/mol. The lowest BCUT2D eigenvalue weighted by Crippen LogP contribution is -2.35. The zero-order valence-corrected chi connectivity index (χ0v) is 10.6. The van der Waals surface area contributed by atoms with Crippen LogP contribution in [0.2, 0.25) is 0 Å². The van der Waals surface area contributed by atoms with Crippen molar-refractivity contribution in [1.82, 2.24) is 5.32 Å². The molecule has 0 bridgehead atoms. The Morgan fingerprint density at radius 1 is 1.33 bits per heavy atom. The molecule has 0 aliphatic carbocycles. The van der Waals surface area contributed by atoms with Gasteiger partial charge < -0.3 is 10.4 Å². The molecule has 18 heavy (non-hydrogen) atoms. The molecule has 0 aromatic heterocycles. The molecule has 5 heteroatoms. The smallest absolute Gasteiger partial charge is 0.254 e. The molecule has 0 saturated heterocycles. The molecule has 1 rings (SSSR count). The number of aryl methyl sites for hydroxylation is 1. The quantitative estimate of drug-likeness (QED) is 0.867. The zero-order chi connectivity index (χ0) is 13.9. The highest BCUT2D eigenvalue weighted by Crippen LogP contribution is 2.14. The van der Waals surface area contributed by atoms with Crippen LogP contribution >= 0.6 is 0 Å². The lowest BCUT2D eigenvalue weighted by molar-refractivity contribution is 0.0867. The van der Waals surface area contributed by atoms with Crippen LogP contribution in [0.5, 0.6) is 0 Å². The lowest BCUT2D eigenvalue weighted by Gasteiger charge is -2.15. The van der Waals surface area contributed by atoms with E-state index in [0.29, 0.717) is 0 Å². The molecule has 1 aromatic carbocycles. The van der Waals surface area contributed by atoms with Gasteiger partial charge in [0, 0.05) is 6.54 Å². The Labute approximate surface area is 105 Å². The second kappa shape index (κ2) is 5.91. The number of hydrogen-bond donors (Lipinski definition) is 2. The highest BCUT2D eigenvalue weighted by Gasteiger charge is 2.16. The summed E-state index contributed by atoms with van der Waals surface area (Å²) in [6.45, 7) is 5.01. The summed E-state index contributed by atoms with van der Waals surface area (Å²) in [5.74, 6) is -2.16. The van der Waals surface area contributed by atoms with Crippen molar-refractivity contribution in [2.24, 2.45) is 5.92 Å². The Morgan fingerprint density at radius 2 is 1.94 bits per heavy atom. The first kappa shape index (κ1) is 14.6. The average Bonchev–Trinajstić information content (AvgIpc) is 2.30. The normalized spacial score (nSPS) is 12.6. The van der Waals surface area contributed by atoms with Crippen LogP contribution in [-0.4, -0.2) is 23.7 Å². The minimum Gasteiger partial charge on any atom is -0.391 e. The Hall–Kier alpha value is -1.49. The van der Waals surface area contributed by atoms with Crippen molar-refractivity contribution in [3.8, 4) is 0 Å². The second-order valence-corrected chi connectivity index (χ2v) is 4.60. The Morgan fingerprint density at radius 3 is 2.50 bits per heavy atom. The maximum Gasteiger partial charge on any atom is 0.254 e. The van der Waals surface area contributed by atoms with Crippen LogP contribution in [0.25, 0.3) is 0 Å². The van der Waals surface area contributed by atoms with Gasteiger partial charge in [-0.15, -0.1) is 0 Å². The first-order valence-electron chi connectivity index (χ1n) is 5.74. The number of rotatable bonds is 4. The van der Waals surface area contributed by atoms with Crippen molar-refractivity contribution in [3.63, 3.8) is 0 Å². The molecule has 1 amide bonds. The summed E-state index contributed by atoms with van der Waals surface area (Å²) in [6, 6.07) is 1.84. The van der Waals surface area contributed by atoms with Gasteiger partial charge in [0.25, 0.3) is 5.91 Å². The number of aliphatic hydroxyl groups is 1. The molecule has 0 spiro atoms. The van der Waals surface area contributed by atoms with E-state index in [1.165, 1.54) is 6.92 Å². The second-order valence-electron chi connectivity index (χ2n) is 4.60. The van der Waals surface area contributed by atoms with Crippen molar-refractivity contribution in [2.75, 3.05) is 6.54 Å². The summed E-state index contributed by atoms with van der Waals surface area (Å²) < 4.78 is 26.7. The van der Waals surface area contributed by atoms with Crippen LogP contribution in [-0.2, 0) is 0 Å². The van der Waals surface area contributed by atoms with E-state index in [1.54, 1.807) is 13.8 Å². The minimum atomic E-state index is -0.773. The third kappa shape index (κ3) is 3.50. The van der Waals surface area contributed by atoms with Gasteiger partial charge in [0.2, 0.25) is 0 Å². The Bertz CT molecular complexity index is 447. The number of halogens is 2. The van der Waals surface area contributed by atoms with E-state index in [1.807, 2.05) is 0 Å². The van der Waals surface area contributed by atoms with Crippen molar-refractivity contribution in [3.05, 3.63) is 34.9 Å². The molecule has 0 saturated carbocycles. The van der Waals surface area contributed by atoms with Crippen LogP contribution in [0.1, 0.15) is 29.8 Å². The van der Waals surface area contributed by atoms with Gasteiger partial charge in [0.1, 0.15) is 11.6 Å². The Kier molecular flexibility index (Phi) is 4.78. The zero-order valence-electron chi connectivity index (χ0n) is 10.6. The molecule has 2 N–H and O–H groups in total. The fourth-order valence-electron chi connectivity index (χ4n) is 1.35. The van der Waals surface area contributed by atoms with Crippen LogP contribution in [0.3, 0.4) is 0 Å². The standard InChI is InChI=1S/C13H17F2NO2/c1-7(2)12(17)6-16-13(18)9-5-10(14)8(3)4-11(9)15/h4-5,7,12,17H,6H2,1-3H3,(H,16,18). The van der Waals surface area contributed by atoms with Gasteiger partial charge in [-0.2, -0.15) is 0 Å². The molecule has 3 nitrogen and oxygen atoms in total. The van der Waals surface area contributed by atoms with Gasteiger partial charge in [0.05, 0.1) is 11.7 Å². The summed E-state index contributed by atoms with van der Waals surface area (Å²) in [7, 11) is 0. The molecule has 0 aliphatic rings. The van der Waals surface area contributed by atoms with Crippen molar-refractivity contribution in [2.45, 2.75) is 26.9 Å². The number of aliphatic hydroxyl groups excluding tert-OH is 1. The predicted molar refractivity (Wildman–Crippen MR) is 64.3 cm³/mol. The number of hydrogen-bond acceptors (Lipinski definition) is 2. The van der Waals surface area contributed by atoms with Crippen molar-refractivity contribution in [1.29, 1.82) is 0 Å². The van der Waals surface area contributed by atoms with E-state index in [9.17, 15) is 18.7 Å². The first-order valence-corrected chi connectivity index (χ1v) is 5.74. The summed E-state index contributed by atoms with van der Waals surface area (Å²) in [5.41, 5.74) is -0.208. The van der Waals surface area contributed by atoms with Crippen LogP contribution in [0, 0.1) is 24.5 Å². The maximum absolute atomic E-state index is 13.5. The number of benzene rings is 1. The van der Waals surface area contributed by atoms with E-state index in [4.69, 9.17) is 0 Å². The van der Waals surface area contributed by atoms with E-state index in [-0.39, 0.29) is 23.6 Å². The summed E-state index contributed by atoms with van der Waals surface area (Å²) in [6.07, 6.45) is -0.715. The fraction of sp³-hybridized carbons (Fsp3) is 0.462. The predicted octanol–water partition coefficient (Wildman–Crippen LogP) is 2.02. The van der Waals surface area contributed by atoms with Crippen molar-refractivity contribution >= 4 is 5.91 Å². The molecule has 1 unspecified atom stereocenters. The van der Waals surface area contributed by atoms with Gasteiger partial charge in [0.15, 0.2) is 0 Å². The van der Waals surface area contributed by atoms with E-state index in [0.717, 1.165) is 12.1 Å². The van der Waals surface area contributed by atoms with Gasteiger partial charge in [-0.25, -0.2) is 8.78 Å². The highest BCUT2D eigenvalue weighted by atomic mass is 19.1. The van der Waals surface area contributed by atoms with Gasteiger partial charge in [-0.1, -0.05) is 13.8 Å². The number of nitrogens with one attached hydrogen (secondary N) is 1. The van der Waals surface area contributed by atoms with Gasteiger partial charge in [-0.05, 0) is 30.5 Å². The van der Waals surface area contributed by atoms with Crippen LogP contribution in [0.15, 0.2) is 12.1 Å². The maximum atomic E-state index is 13.5. The molecule has 100 valence electrons. The third-order valence-corrected chi connectivity index (χ3v) is 2.73.